The topological polar surface area (TPSA) is 105 Å². The van der Waals surface area contributed by atoms with Crippen molar-refractivity contribution in [3.63, 3.8) is 0 Å². The normalized spacial score (nSPS) is 10.3. The molecule has 152 valence electrons. The minimum absolute atomic E-state index is 0.0884. The molecule has 9 heteroatoms. The maximum absolute atomic E-state index is 12.0. The van der Waals surface area contributed by atoms with Gasteiger partial charge in [-0.1, -0.05) is 5.16 Å². The van der Waals surface area contributed by atoms with Gasteiger partial charge in [-0.3, -0.25) is 4.79 Å². The average molecular weight is 399 g/mol. The number of nitrogens with one attached hydrogen (secondary N) is 1. The summed E-state index contributed by atoms with van der Waals surface area (Å²) in [7, 11) is 4.69. The van der Waals surface area contributed by atoms with Crippen LogP contribution in [-0.2, 0) is 11.3 Å². The fraction of sp³-hybridized carbons (Fsp3) is 0.250. The monoisotopic (exact) mass is 399 g/mol. The second-order valence-electron chi connectivity index (χ2n) is 5.82. The first-order valence-electron chi connectivity index (χ1n) is 8.71. The summed E-state index contributed by atoms with van der Waals surface area (Å²) < 4.78 is 26.2. The third kappa shape index (κ3) is 5.16. The number of rotatable bonds is 9. The van der Waals surface area contributed by atoms with E-state index in [1.807, 2.05) is 0 Å². The number of methoxy groups -OCH3 is 3. The van der Waals surface area contributed by atoms with E-state index in [0.717, 1.165) is 0 Å². The second kappa shape index (κ2) is 9.45. The summed E-state index contributed by atoms with van der Waals surface area (Å²) in [5.74, 6) is 2.77. The van der Waals surface area contributed by atoms with Crippen molar-refractivity contribution in [2.24, 2.45) is 0 Å². The molecule has 1 N–H and O–H groups in total. The minimum Gasteiger partial charge on any atom is -0.497 e. The number of nitrogens with zero attached hydrogens (tertiary/aromatic N) is 2. The van der Waals surface area contributed by atoms with Crippen molar-refractivity contribution >= 4 is 5.91 Å². The minimum atomic E-state index is -0.313. The Kier molecular flexibility index (Phi) is 6.51. The molecule has 29 heavy (non-hydrogen) atoms. The van der Waals surface area contributed by atoms with Crippen LogP contribution in [-0.4, -0.2) is 44.0 Å². The predicted octanol–water partition coefficient (Wildman–Crippen LogP) is 2.46. The van der Waals surface area contributed by atoms with E-state index in [1.54, 1.807) is 63.8 Å². The van der Waals surface area contributed by atoms with Gasteiger partial charge in [0.1, 0.15) is 11.5 Å². The molecule has 1 aromatic heterocycles. The Hall–Kier alpha value is -3.75. The summed E-state index contributed by atoms with van der Waals surface area (Å²) in [6, 6.07) is 12.2. The highest BCUT2D eigenvalue weighted by Crippen LogP contribution is 2.31. The van der Waals surface area contributed by atoms with Crippen LogP contribution < -0.4 is 24.3 Å². The molecule has 3 aromatic rings. The molecule has 0 atom stereocenters. The Balaban J connectivity index is 1.52. The summed E-state index contributed by atoms with van der Waals surface area (Å²) in [6.45, 7) is -0.0475. The number of carbonyl (C=O) groups is 1. The number of aromatic nitrogens is 2. The molecule has 0 saturated heterocycles. The maximum Gasteiger partial charge on any atom is 0.258 e. The van der Waals surface area contributed by atoms with Gasteiger partial charge in [0.25, 0.3) is 5.91 Å². The van der Waals surface area contributed by atoms with Crippen molar-refractivity contribution < 1.29 is 28.3 Å². The molecule has 0 spiro atoms. The van der Waals surface area contributed by atoms with Gasteiger partial charge >= 0.3 is 0 Å². The molecule has 0 radical (unpaired) electrons. The van der Waals surface area contributed by atoms with Gasteiger partial charge in [-0.2, -0.15) is 4.98 Å². The summed E-state index contributed by atoms with van der Waals surface area (Å²) in [5.41, 5.74) is 0.701. The lowest BCUT2D eigenvalue weighted by Crippen LogP contribution is -2.28. The zero-order valence-corrected chi connectivity index (χ0v) is 16.3. The molecule has 0 bridgehead atoms. The predicted molar refractivity (Wildman–Crippen MR) is 103 cm³/mol. The summed E-state index contributed by atoms with van der Waals surface area (Å²) in [6.07, 6.45) is 0. The van der Waals surface area contributed by atoms with Crippen molar-refractivity contribution in [2.75, 3.05) is 27.9 Å². The SMILES string of the molecule is COc1ccc(OCC(=O)NCc2nc(-c3ccc(OC)c(OC)c3)no2)cc1. The van der Waals surface area contributed by atoms with Gasteiger partial charge in [0, 0.05) is 5.56 Å². The number of benzene rings is 2. The Morgan fingerprint density at radius 1 is 0.966 bits per heavy atom. The van der Waals surface area contributed by atoms with E-state index in [-0.39, 0.29) is 24.9 Å². The number of hydrogen-bond donors (Lipinski definition) is 1. The standard InChI is InChI=1S/C20H21N3O6/c1-25-14-5-7-15(8-6-14)28-12-18(24)21-11-19-22-20(23-29-19)13-4-9-16(26-2)17(10-13)27-3/h4-10H,11-12H2,1-3H3,(H,21,24). The second-order valence-corrected chi connectivity index (χ2v) is 5.82. The summed E-state index contributed by atoms with van der Waals surface area (Å²) in [5, 5.41) is 6.60. The molecule has 0 saturated carbocycles. The van der Waals surface area contributed by atoms with E-state index < -0.39 is 0 Å². The lowest BCUT2D eigenvalue weighted by Gasteiger charge is -2.07. The zero-order chi connectivity index (χ0) is 20.6. The Bertz CT molecular complexity index is 955. The van der Waals surface area contributed by atoms with Crippen molar-refractivity contribution in [1.29, 1.82) is 0 Å². The van der Waals surface area contributed by atoms with Gasteiger partial charge in [0.2, 0.25) is 11.7 Å². The first-order valence-corrected chi connectivity index (χ1v) is 8.71. The summed E-state index contributed by atoms with van der Waals surface area (Å²) >= 11 is 0. The third-order valence-corrected chi connectivity index (χ3v) is 3.98. The smallest absolute Gasteiger partial charge is 0.258 e. The van der Waals surface area contributed by atoms with Crippen molar-refractivity contribution in [3.8, 4) is 34.4 Å². The highest BCUT2D eigenvalue weighted by Gasteiger charge is 2.13. The first-order chi connectivity index (χ1) is 14.1. The van der Waals surface area contributed by atoms with E-state index in [0.29, 0.717) is 34.4 Å². The van der Waals surface area contributed by atoms with Gasteiger partial charge < -0.3 is 28.8 Å². The fourth-order valence-electron chi connectivity index (χ4n) is 2.47. The Morgan fingerprint density at radius 2 is 1.69 bits per heavy atom. The largest absolute Gasteiger partial charge is 0.497 e. The molecule has 1 amide bonds. The quantitative estimate of drug-likeness (QED) is 0.585. The van der Waals surface area contributed by atoms with Crippen LogP contribution in [0.5, 0.6) is 23.0 Å². The molecule has 0 aliphatic rings. The van der Waals surface area contributed by atoms with E-state index in [4.69, 9.17) is 23.5 Å². The van der Waals surface area contributed by atoms with E-state index in [2.05, 4.69) is 15.5 Å². The lowest BCUT2D eigenvalue weighted by atomic mass is 10.2. The van der Waals surface area contributed by atoms with Gasteiger partial charge in [-0.15, -0.1) is 0 Å². The molecule has 1 heterocycles. The van der Waals surface area contributed by atoms with E-state index in [1.165, 1.54) is 0 Å². The molecule has 0 aliphatic carbocycles. The van der Waals surface area contributed by atoms with Crippen molar-refractivity contribution in [2.45, 2.75) is 6.54 Å². The molecule has 2 aromatic carbocycles. The highest BCUT2D eigenvalue weighted by atomic mass is 16.5. The Morgan fingerprint density at radius 3 is 2.38 bits per heavy atom. The number of amides is 1. The van der Waals surface area contributed by atoms with Crippen molar-refractivity contribution in [1.82, 2.24) is 15.5 Å². The van der Waals surface area contributed by atoms with Crippen LogP contribution in [0.15, 0.2) is 47.0 Å². The summed E-state index contributed by atoms with van der Waals surface area (Å²) in [4.78, 5) is 16.2. The molecule has 9 nitrogen and oxygen atoms in total. The maximum atomic E-state index is 12.0. The third-order valence-electron chi connectivity index (χ3n) is 3.98. The number of ether oxygens (including phenoxy) is 4. The van der Waals surface area contributed by atoms with Crippen LogP contribution in [0.25, 0.3) is 11.4 Å². The molecule has 0 unspecified atom stereocenters. The van der Waals surface area contributed by atoms with Gasteiger partial charge in [-0.05, 0) is 42.5 Å². The van der Waals surface area contributed by atoms with Crippen LogP contribution >= 0.6 is 0 Å². The van der Waals surface area contributed by atoms with Crippen LogP contribution in [0.3, 0.4) is 0 Å². The Labute approximate surface area is 167 Å². The fourth-order valence-corrected chi connectivity index (χ4v) is 2.47. The lowest BCUT2D eigenvalue weighted by molar-refractivity contribution is -0.123. The van der Waals surface area contributed by atoms with Gasteiger partial charge in [-0.25, -0.2) is 0 Å². The molecule has 0 fully saturated rings. The van der Waals surface area contributed by atoms with Crippen LogP contribution in [0.2, 0.25) is 0 Å². The first kappa shape index (κ1) is 20.0. The molecule has 0 aliphatic heterocycles. The molecule has 3 rings (SSSR count). The van der Waals surface area contributed by atoms with Crippen molar-refractivity contribution in [3.05, 3.63) is 48.4 Å². The van der Waals surface area contributed by atoms with Gasteiger partial charge in [0.15, 0.2) is 18.1 Å². The van der Waals surface area contributed by atoms with E-state index in [9.17, 15) is 4.79 Å². The average Bonchev–Trinajstić information content (AvgIpc) is 3.25. The molecular formula is C20H21N3O6. The van der Waals surface area contributed by atoms with E-state index >= 15 is 0 Å². The van der Waals surface area contributed by atoms with Gasteiger partial charge in [0.05, 0.1) is 27.9 Å². The van der Waals surface area contributed by atoms with Crippen LogP contribution in [0.1, 0.15) is 5.89 Å². The number of carbonyl (C=O) groups excluding carboxylic acids is 1. The highest BCUT2D eigenvalue weighted by molar-refractivity contribution is 5.77. The molecular weight excluding hydrogens is 378 g/mol. The number of hydrogen-bond acceptors (Lipinski definition) is 8. The zero-order valence-electron chi connectivity index (χ0n) is 16.3. The van der Waals surface area contributed by atoms with Crippen LogP contribution in [0.4, 0.5) is 0 Å². The van der Waals surface area contributed by atoms with Crippen LogP contribution in [0, 0.1) is 0 Å².